The van der Waals surface area contributed by atoms with Crippen LogP contribution >= 0.6 is 0 Å². The van der Waals surface area contributed by atoms with E-state index in [2.05, 4.69) is 10.3 Å². The van der Waals surface area contributed by atoms with Crippen molar-refractivity contribution in [2.45, 2.75) is 26.4 Å². The number of nitrogens with one attached hydrogen (secondary N) is 1. The third kappa shape index (κ3) is 3.57. The molecule has 29 heavy (non-hydrogen) atoms. The third-order valence-corrected chi connectivity index (χ3v) is 5.18. The van der Waals surface area contributed by atoms with Crippen LogP contribution in [0.4, 0.5) is 0 Å². The smallest absolute Gasteiger partial charge is 0.264 e. The predicted octanol–water partition coefficient (Wildman–Crippen LogP) is 3.34. The molecule has 4 rings (SSSR count). The number of carbonyl (C=O) groups excluding carboxylic acids is 1. The van der Waals surface area contributed by atoms with E-state index in [-0.39, 0.29) is 29.6 Å². The molecule has 1 N–H and O–H groups in total. The Morgan fingerprint density at radius 3 is 2.62 bits per heavy atom. The van der Waals surface area contributed by atoms with Crippen molar-refractivity contribution in [2.75, 3.05) is 0 Å². The molecule has 1 atom stereocenters. The second-order valence-corrected chi connectivity index (χ2v) is 7.03. The summed E-state index contributed by atoms with van der Waals surface area (Å²) in [6.07, 6.45) is 5.37. The minimum Gasteiger partial charge on any atom is -0.346 e. The molecule has 0 spiro atoms. The Morgan fingerprint density at radius 1 is 1.07 bits per heavy atom. The maximum absolute atomic E-state index is 13.1. The zero-order chi connectivity index (χ0) is 20.4. The maximum Gasteiger partial charge on any atom is 0.264 e. The number of carbonyl (C=O) groups is 1. The molecule has 0 saturated carbocycles. The second-order valence-electron chi connectivity index (χ2n) is 7.03. The van der Waals surface area contributed by atoms with Gasteiger partial charge in [0.15, 0.2) is 0 Å². The summed E-state index contributed by atoms with van der Waals surface area (Å²) in [5.74, 6) is -0.381. The van der Waals surface area contributed by atoms with Crippen molar-refractivity contribution in [3.05, 3.63) is 106 Å². The number of aromatic nitrogens is 3. The van der Waals surface area contributed by atoms with Crippen LogP contribution in [0.25, 0.3) is 5.65 Å². The standard InChI is InChI=1S/C23H22N4O2/c1-16-11-13-26(17(2)18-8-4-3-5-9-18)23(29)21(16)22(28)25-15-19-14-24-20-10-6-7-12-27(19)20/h3-14,17H,15H2,1-2H3,(H,25,28). The highest BCUT2D eigenvalue weighted by Gasteiger charge is 2.19. The molecule has 6 heteroatoms. The van der Waals surface area contributed by atoms with Gasteiger partial charge in [0.25, 0.3) is 11.5 Å². The second kappa shape index (κ2) is 7.75. The normalized spacial score (nSPS) is 12.1. The molecular formula is C23H22N4O2. The number of hydrogen-bond acceptors (Lipinski definition) is 3. The molecule has 6 nitrogen and oxygen atoms in total. The molecule has 0 aliphatic rings. The maximum atomic E-state index is 13.1. The van der Waals surface area contributed by atoms with Crippen molar-refractivity contribution in [3.8, 4) is 0 Å². The SMILES string of the molecule is Cc1ccn(C(C)c2ccccc2)c(=O)c1C(=O)NCc1cnc2ccccn12. The molecule has 3 aromatic heterocycles. The van der Waals surface area contributed by atoms with Gasteiger partial charge in [-0.3, -0.25) is 9.59 Å². The van der Waals surface area contributed by atoms with Crippen molar-refractivity contribution in [1.29, 1.82) is 0 Å². The van der Waals surface area contributed by atoms with Crippen LogP contribution in [-0.2, 0) is 6.54 Å². The van der Waals surface area contributed by atoms with Crippen molar-refractivity contribution >= 4 is 11.6 Å². The lowest BCUT2D eigenvalue weighted by Gasteiger charge is -2.17. The highest BCUT2D eigenvalue weighted by Crippen LogP contribution is 2.16. The van der Waals surface area contributed by atoms with Gasteiger partial charge in [0.05, 0.1) is 24.5 Å². The van der Waals surface area contributed by atoms with E-state index < -0.39 is 0 Å². The first-order valence-corrected chi connectivity index (χ1v) is 9.52. The number of amides is 1. The lowest BCUT2D eigenvalue weighted by Crippen LogP contribution is -2.35. The molecule has 3 heterocycles. The Morgan fingerprint density at radius 2 is 1.83 bits per heavy atom. The summed E-state index contributed by atoms with van der Waals surface area (Å²) in [7, 11) is 0. The average Bonchev–Trinajstić information content (AvgIpc) is 3.16. The van der Waals surface area contributed by atoms with Crippen molar-refractivity contribution in [2.24, 2.45) is 0 Å². The first kappa shape index (κ1) is 18.7. The lowest BCUT2D eigenvalue weighted by atomic mass is 10.1. The topological polar surface area (TPSA) is 68.4 Å². The number of fused-ring (bicyclic) bond motifs is 1. The summed E-state index contributed by atoms with van der Waals surface area (Å²) in [5.41, 5.74) is 3.20. The van der Waals surface area contributed by atoms with Gasteiger partial charge in [-0.15, -0.1) is 0 Å². The molecule has 4 aromatic rings. The Balaban J connectivity index is 1.60. The fourth-order valence-electron chi connectivity index (χ4n) is 3.49. The van der Waals surface area contributed by atoms with E-state index in [4.69, 9.17) is 0 Å². The minimum atomic E-state index is -0.381. The summed E-state index contributed by atoms with van der Waals surface area (Å²) >= 11 is 0. The van der Waals surface area contributed by atoms with Crippen molar-refractivity contribution in [3.63, 3.8) is 0 Å². The largest absolute Gasteiger partial charge is 0.346 e. The third-order valence-electron chi connectivity index (χ3n) is 5.18. The van der Waals surface area contributed by atoms with Crippen LogP contribution in [0.1, 0.15) is 40.1 Å². The van der Waals surface area contributed by atoms with Gasteiger partial charge < -0.3 is 14.3 Å². The number of rotatable bonds is 5. The van der Waals surface area contributed by atoms with Gasteiger partial charge in [-0.25, -0.2) is 4.98 Å². The van der Waals surface area contributed by atoms with Gasteiger partial charge in [0.2, 0.25) is 0 Å². The molecule has 0 bridgehead atoms. The van der Waals surface area contributed by atoms with Crippen LogP contribution in [0, 0.1) is 6.92 Å². The summed E-state index contributed by atoms with van der Waals surface area (Å²) in [6.45, 7) is 4.01. The molecule has 0 fully saturated rings. The monoisotopic (exact) mass is 386 g/mol. The van der Waals surface area contributed by atoms with Gasteiger partial charge in [-0.05, 0) is 43.2 Å². The molecule has 1 aromatic carbocycles. The van der Waals surface area contributed by atoms with Gasteiger partial charge in [-0.2, -0.15) is 0 Å². The fourth-order valence-corrected chi connectivity index (χ4v) is 3.49. The van der Waals surface area contributed by atoms with Gasteiger partial charge in [-0.1, -0.05) is 36.4 Å². The van der Waals surface area contributed by atoms with Gasteiger partial charge in [0.1, 0.15) is 11.2 Å². The van der Waals surface area contributed by atoms with E-state index in [1.807, 2.05) is 72.1 Å². The van der Waals surface area contributed by atoms with E-state index in [1.165, 1.54) is 0 Å². The molecule has 0 aliphatic carbocycles. The number of hydrogen-bond donors (Lipinski definition) is 1. The van der Waals surface area contributed by atoms with Crippen molar-refractivity contribution < 1.29 is 4.79 Å². The van der Waals surface area contributed by atoms with Gasteiger partial charge >= 0.3 is 0 Å². The number of benzene rings is 1. The minimum absolute atomic E-state index is 0.170. The highest BCUT2D eigenvalue weighted by atomic mass is 16.2. The summed E-state index contributed by atoms with van der Waals surface area (Å²) in [4.78, 5) is 30.3. The van der Waals surface area contributed by atoms with Crippen LogP contribution in [-0.4, -0.2) is 19.9 Å². The van der Waals surface area contributed by atoms with E-state index >= 15 is 0 Å². The first-order chi connectivity index (χ1) is 14.1. The molecular weight excluding hydrogens is 364 g/mol. The summed E-state index contributed by atoms with van der Waals surface area (Å²) in [6, 6.07) is 17.1. The van der Waals surface area contributed by atoms with E-state index in [0.29, 0.717) is 5.56 Å². The quantitative estimate of drug-likeness (QED) is 0.572. The Bertz CT molecular complexity index is 1220. The Labute approximate surface area is 168 Å². The zero-order valence-electron chi connectivity index (χ0n) is 16.4. The Kier molecular flexibility index (Phi) is 4.99. The molecule has 1 unspecified atom stereocenters. The predicted molar refractivity (Wildman–Crippen MR) is 112 cm³/mol. The average molecular weight is 386 g/mol. The van der Waals surface area contributed by atoms with Gasteiger partial charge in [0, 0.05) is 12.4 Å². The van der Waals surface area contributed by atoms with Crippen LogP contribution < -0.4 is 10.9 Å². The fraction of sp³-hybridized carbons (Fsp3) is 0.174. The summed E-state index contributed by atoms with van der Waals surface area (Å²) in [5, 5.41) is 2.87. The Hall–Kier alpha value is -3.67. The molecule has 1 amide bonds. The van der Waals surface area contributed by atoms with E-state index in [0.717, 1.165) is 16.9 Å². The first-order valence-electron chi connectivity index (χ1n) is 9.52. The molecule has 146 valence electrons. The number of aryl methyl sites for hydroxylation is 1. The molecule has 0 aliphatic heterocycles. The molecule has 0 radical (unpaired) electrons. The van der Waals surface area contributed by atoms with Crippen LogP contribution in [0.3, 0.4) is 0 Å². The lowest BCUT2D eigenvalue weighted by molar-refractivity contribution is 0.0947. The van der Waals surface area contributed by atoms with Crippen LogP contribution in [0.5, 0.6) is 0 Å². The number of pyridine rings is 2. The number of imidazole rings is 1. The summed E-state index contributed by atoms with van der Waals surface area (Å²) < 4.78 is 3.51. The highest BCUT2D eigenvalue weighted by molar-refractivity contribution is 5.95. The van der Waals surface area contributed by atoms with Crippen LogP contribution in [0.2, 0.25) is 0 Å². The molecule has 0 saturated heterocycles. The zero-order valence-corrected chi connectivity index (χ0v) is 16.4. The van der Waals surface area contributed by atoms with Crippen molar-refractivity contribution in [1.82, 2.24) is 19.3 Å². The van der Waals surface area contributed by atoms with E-state index in [1.54, 1.807) is 23.9 Å². The van der Waals surface area contributed by atoms with E-state index in [9.17, 15) is 9.59 Å². The number of nitrogens with zero attached hydrogens (tertiary/aromatic N) is 3. The van der Waals surface area contributed by atoms with Crippen LogP contribution in [0.15, 0.2) is 78.0 Å².